The molecule has 0 spiro atoms. The number of carbonyl (C=O) groups excluding carboxylic acids is 2. The number of nitrogens with zero attached hydrogens (tertiary/aromatic N) is 5. The first kappa shape index (κ1) is 22.3. The summed E-state index contributed by atoms with van der Waals surface area (Å²) in [4.78, 5) is 38.0. The topological polar surface area (TPSA) is 61.7 Å². The third kappa shape index (κ3) is 4.00. The molecule has 2 aromatic carbocycles. The van der Waals surface area contributed by atoms with E-state index in [1.165, 1.54) is 0 Å². The van der Waals surface area contributed by atoms with Crippen LogP contribution in [-0.4, -0.2) is 63.9 Å². The van der Waals surface area contributed by atoms with Crippen LogP contribution in [0.3, 0.4) is 0 Å². The maximum Gasteiger partial charge on any atom is 0.271 e. The summed E-state index contributed by atoms with van der Waals surface area (Å²) in [6.45, 7) is 4.71. The smallest absolute Gasteiger partial charge is 0.271 e. The Kier molecular flexibility index (Phi) is 5.89. The Bertz CT molecular complexity index is 1390. The van der Waals surface area contributed by atoms with Crippen molar-refractivity contribution < 1.29 is 9.59 Å². The molecule has 0 saturated carbocycles. The number of hydrogen-bond donors (Lipinski definition) is 0. The van der Waals surface area contributed by atoms with Gasteiger partial charge in [-0.15, -0.1) is 0 Å². The van der Waals surface area contributed by atoms with E-state index in [9.17, 15) is 9.59 Å². The molecular formula is C29H29N5O2. The van der Waals surface area contributed by atoms with Crippen molar-refractivity contribution in [3.8, 4) is 0 Å². The van der Waals surface area contributed by atoms with Gasteiger partial charge in [-0.3, -0.25) is 14.6 Å². The highest BCUT2D eigenvalue weighted by Crippen LogP contribution is 2.31. The Morgan fingerprint density at radius 1 is 0.778 bits per heavy atom. The van der Waals surface area contributed by atoms with Gasteiger partial charge >= 0.3 is 0 Å². The molecule has 0 radical (unpaired) electrons. The normalized spacial score (nSPS) is 16.2. The molecule has 36 heavy (non-hydrogen) atoms. The monoisotopic (exact) mass is 479 g/mol. The molecule has 0 bridgehead atoms. The maximum atomic E-state index is 13.9. The number of aromatic nitrogens is 2. The summed E-state index contributed by atoms with van der Waals surface area (Å²) in [7, 11) is 0. The number of fused-ring (bicyclic) bond motifs is 3. The first-order chi connectivity index (χ1) is 17.7. The molecule has 4 aromatic rings. The van der Waals surface area contributed by atoms with Crippen LogP contribution in [0.25, 0.3) is 10.8 Å². The minimum absolute atomic E-state index is 0.00545. The zero-order valence-corrected chi connectivity index (χ0v) is 20.2. The lowest BCUT2D eigenvalue weighted by Crippen LogP contribution is -2.49. The fourth-order valence-corrected chi connectivity index (χ4v) is 5.48. The summed E-state index contributed by atoms with van der Waals surface area (Å²) in [5.74, 6) is 0.00486. The SMILES string of the molecule is O=C(c1c2ccccc2c2n1CCCN(Cc1ccccc1)C2=O)N1CCN(c2ccncc2)CC1. The lowest BCUT2D eigenvalue weighted by Gasteiger charge is -2.36. The molecule has 1 fully saturated rings. The first-order valence-corrected chi connectivity index (χ1v) is 12.6. The molecule has 6 rings (SSSR count). The van der Waals surface area contributed by atoms with Crippen LogP contribution in [-0.2, 0) is 13.1 Å². The van der Waals surface area contributed by atoms with Gasteiger partial charge in [-0.1, -0.05) is 54.6 Å². The second kappa shape index (κ2) is 9.49. The highest BCUT2D eigenvalue weighted by atomic mass is 16.2. The van der Waals surface area contributed by atoms with Crippen LogP contribution in [0, 0.1) is 0 Å². The second-order valence-electron chi connectivity index (χ2n) is 9.44. The summed E-state index contributed by atoms with van der Waals surface area (Å²) in [6.07, 6.45) is 4.41. The third-order valence-electron chi connectivity index (χ3n) is 7.29. The zero-order valence-electron chi connectivity index (χ0n) is 20.2. The van der Waals surface area contributed by atoms with Crippen molar-refractivity contribution in [3.63, 3.8) is 0 Å². The molecule has 0 unspecified atom stereocenters. The van der Waals surface area contributed by atoms with Gasteiger partial charge in [0.15, 0.2) is 0 Å². The van der Waals surface area contributed by atoms with Crippen molar-refractivity contribution in [2.75, 3.05) is 37.6 Å². The molecule has 1 saturated heterocycles. The number of piperazine rings is 1. The number of benzene rings is 2. The van der Waals surface area contributed by atoms with Crippen molar-refractivity contribution in [1.82, 2.24) is 19.4 Å². The molecule has 2 aliphatic rings. The molecule has 4 heterocycles. The molecule has 0 aliphatic carbocycles. The van der Waals surface area contributed by atoms with Gasteiger partial charge in [0, 0.05) is 74.7 Å². The van der Waals surface area contributed by atoms with Gasteiger partial charge in [0.2, 0.25) is 0 Å². The number of hydrogen-bond acceptors (Lipinski definition) is 4. The van der Waals surface area contributed by atoms with Gasteiger partial charge in [-0.05, 0) is 24.1 Å². The van der Waals surface area contributed by atoms with Gasteiger partial charge in [-0.2, -0.15) is 0 Å². The van der Waals surface area contributed by atoms with Crippen LogP contribution in [0.15, 0.2) is 79.1 Å². The Balaban J connectivity index is 1.31. The molecule has 182 valence electrons. The maximum absolute atomic E-state index is 13.9. The number of pyridine rings is 1. The Labute approximate surface area is 210 Å². The van der Waals surface area contributed by atoms with Crippen molar-refractivity contribution in [2.45, 2.75) is 19.5 Å². The quantitative estimate of drug-likeness (QED) is 0.443. The summed E-state index contributed by atoms with van der Waals surface area (Å²) < 4.78 is 2.00. The van der Waals surface area contributed by atoms with Crippen molar-refractivity contribution >= 4 is 28.3 Å². The van der Waals surface area contributed by atoms with Crippen molar-refractivity contribution in [1.29, 1.82) is 0 Å². The predicted molar refractivity (Wildman–Crippen MR) is 140 cm³/mol. The van der Waals surface area contributed by atoms with E-state index in [0.717, 1.165) is 41.5 Å². The van der Waals surface area contributed by atoms with E-state index in [2.05, 4.69) is 22.0 Å². The van der Waals surface area contributed by atoms with E-state index >= 15 is 0 Å². The van der Waals surface area contributed by atoms with Gasteiger partial charge in [0.25, 0.3) is 11.8 Å². The minimum atomic E-state index is -0.00545. The van der Waals surface area contributed by atoms with E-state index in [1.54, 1.807) is 12.4 Å². The van der Waals surface area contributed by atoms with Gasteiger partial charge in [0.1, 0.15) is 11.4 Å². The summed E-state index contributed by atoms with van der Waals surface area (Å²) in [5, 5.41) is 1.73. The molecule has 0 N–H and O–H groups in total. The zero-order chi connectivity index (χ0) is 24.5. The molecule has 2 aliphatic heterocycles. The van der Waals surface area contributed by atoms with Crippen molar-refractivity contribution in [3.05, 3.63) is 96.1 Å². The van der Waals surface area contributed by atoms with E-state index in [1.807, 2.05) is 69.0 Å². The fourth-order valence-electron chi connectivity index (χ4n) is 5.48. The van der Waals surface area contributed by atoms with Gasteiger partial charge < -0.3 is 19.3 Å². The molecule has 7 nitrogen and oxygen atoms in total. The van der Waals surface area contributed by atoms with Gasteiger partial charge in [-0.25, -0.2) is 0 Å². The summed E-state index contributed by atoms with van der Waals surface area (Å²) in [5.41, 5.74) is 3.52. The Hall–Kier alpha value is -4.13. The molecular weight excluding hydrogens is 450 g/mol. The number of amides is 2. The lowest BCUT2D eigenvalue weighted by atomic mass is 10.1. The minimum Gasteiger partial charge on any atom is -0.368 e. The largest absolute Gasteiger partial charge is 0.368 e. The van der Waals surface area contributed by atoms with E-state index in [0.29, 0.717) is 44.1 Å². The number of rotatable bonds is 4. The standard InChI is InChI=1S/C29H29N5O2/c35-28(32-19-17-31(18-20-32)23-11-13-30-14-12-23)26-24-9-4-5-10-25(24)27-29(36)33(15-6-16-34(26)27)21-22-7-2-1-3-8-22/h1-5,7-14H,6,15-21H2. The number of carbonyl (C=O) groups is 2. The molecule has 7 heteroatoms. The average molecular weight is 480 g/mol. The van der Waals surface area contributed by atoms with Crippen molar-refractivity contribution in [2.24, 2.45) is 0 Å². The van der Waals surface area contributed by atoms with Crippen LogP contribution >= 0.6 is 0 Å². The molecule has 2 aromatic heterocycles. The second-order valence-corrected chi connectivity index (χ2v) is 9.44. The average Bonchev–Trinajstić information content (AvgIpc) is 3.18. The molecule has 2 amide bonds. The Morgan fingerprint density at radius 3 is 2.22 bits per heavy atom. The predicted octanol–water partition coefficient (Wildman–Crippen LogP) is 4.04. The van der Waals surface area contributed by atoms with Crippen LogP contribution in [0.2, 0.25) is 0 Å². The highest BCUT2D eigenvalue weighted by Gasteiger charge is 2.33. The third-order valence-corrected chi connectivity index (χ3v) is 7.29. The fraction of sp³-hybridized carbons (Fsp3) is 0.276. The van der Waals surface area contributed by atoms with Crippen LogP contribution in [0.5, 0.6) is 0 Å². The van der Waals surface area contributed by atoms with Crippen LogP contribution < -0.4 is 4.90 Å². The lowest BCUT2D eigenvalue weighted by molar-refractivity contribution is 0.0737. The van der Waals surface area contributed by atoms with Crippen LogP contribution in [0.1, 0.15) is 33.0 Å². The highest BCUT2D eigenvalue weighted by molar-refractivity contribution is 6.14. The van der Waals surface area contributed by atoms with E-state index in [-0.39, 0.29) is 11.8 Å². The summed E-state index contributed by atoms with van der Waals surface area (Å²) in [6, 6.07) is 22.0. The Morgan fingerprint density at radius 2 is 1.47 bits per heavy atom. The summed E-state index contributed by atoms with van der Waals surface area (Å²) >= 11 is 0. The number of anilines is 1. The van der Waals surface area contributed by atoms with E-state index < -0.39 is 0 Å². The van der Waals surface area contributed by atoms with Gasteiger partial charge in [0.05, 0.1) is 0 Å². The van der Waals surface area contributed by atoms with E-state index in [4.69, 9.17) is 0 Å². The first-order valence-electron chi connectivity index (χ1n) is 12.6. The molecule has 0 atom stereocenters. The van der Waals surface area contributed by atoms with Crippen LogP contribution in [0.4, 0.5) is 5.69 Å².